The summed E-state index contributed by atoms with van der Waals surface area (Å²) >= 11 is 0. The van der Waals surface area contributed by atoms with Crippen molar-refractivity contribution < 1.29 is 18.3 Å². The van der Waals surface area contributed by atoms with E-state index in [2.05, 4.69) is 4.72 Å². The summed E-state index contributed by atoms with van der Waals surface area (Å²) in [6, 6.07) is 5.37. The van der Waals surface area contributed by atoms with Gasteiger partial charge < -0.3 is 5.11 Å². The number of nitrogens with one attached hydrogen (secondary N) is 1. The van der Waals surface area contributed by atoms with Crippen molar-refractivity contribution in [2.24, 2.45) is 5.92 Å². The highest BCUT2D eigenvalue weighted by Crippen LogP contribution is 2.14. The smallest absolute Gasteiger partial charge is 0.322 e. The Labute approximate surface area is 113 Å². The Morgan fingerprint density at radius 1 is 1.37 bits per heavy atom. The molecule has 0 fully saturated rings. The Balaban J connectivity index is 3.06. The van der Waals surface area contributed by atoms with Gasteiger partial charge in [0.2, 0.25) is 10.0 Å². The number of sulfonamides is 1. The Morgan fingerprint density at radius 3 is 2.47 bits per heavy atom. The standard InChI is InChI=1S/C13H19NO4S/c1-4-10-6-5-7-11(8-10)19(17,18)14-12(9(2)3)13(15)16/h5-9,12,14H,4H2,1-3H3,(H,15,16)/t12-/m0/s1. The van der Waals surface area contributed by atoms with Crippen molar-refractivity contribution in [1.82, 2.24) is 4.72 Å². The fourth-order valence-corrected chi connectivity index (χ4v) is 3.05. The van der Waals surface area contributed by atoms with Crippen LogP contribution in [0.25, 0.3) is 0 Å². The van der Waals surface area contributed by atoms with Crippen LogP contribution in [0.15, 0.2) is 29.2 Å². The number of rotatable bonds is 6. The molecule has 0 saturated carbocycles. The van der Waals surface area contributed by atoms with Crippen LogP contribution in [-0.4, -0.2) is 25.5 Å². The monoisotopic (exact) mass is 285 g/mol. The van der Waals surface area contributed by atoms with Crippen molar-refractivity contribution in [3.63, 3.8) is 0 Å². The lowest BCUT2D eigenvalue weighted by Crippen LogP contribution is -2.44. The Kier molecular flexibility index (Phi) is 5.08. The third-order valence-electron chi connectivity index (χ3n) is 2.83. The SMILES string of the molecule is CCc1cccc(S(=O)(=O)N[C@H](C(=O)O)C(C)C)c1. The van der Waals surface area contributed by atoms with Crippen molar-refractivity contribution in [3.05, 3.63) is 29.8 Å². The average Bonchev–Trinajstić information content (AvgIpc) is 2.35. The maximum absolute atomic E-state index is 12.1. The van der Waals surface area contributed by atoms with E-state index in [9.17, 15) is 13.2 Å². The van der Waals surface area contributed by atoms with Crippen molar-refractivity contribution in [2.75, 3.05) is 0 Å². The average molecular weight is 285 g/mol. The maximum atomic E-state index is 12.1. The zero-order chi connectivity index (χ0) is 14.6. The van der Waals surface area contributed by atoms with E-state index in [1.807, 2.05) is 13.0 Å². The Bertz CT molecular complexity index is 552. The molecular formula is C13H19NO4S. The van der Waals surface area contributed by atoms with Gasteiger partial charge in [-0.05, 0) is 30.0 Å². The third-order valence-corrected chi connectivity index (χ3v) is 4.27. The van der Waals surface area contributed by atoms with Crippen molar-refractivity contribution in [2.45, 2.75) is 38.1 Å². The van der Waals surface area contributed by atoms with E-state index in [0.717, 1.165) is 12.0 Å². The Hall–Kier alpha value is -1.40. The molecule has 5 nitrogen and oxygen atoms in total. The molecule has 1 aromatic carbocycles. The number of aliphatic carboxylic acids is 1. The van der Waals surface area contributed by atoms with Crippen LogP contribution >= 0.6 is 0 Å². The maximum Gasteiger partial charge on any atom is 0.322 e. The second-order valence-electron chi connectivity index (χ2n) is 4.68. The van der Waals surface area contributed by atoms with Crippen molar-refractivity contribution in [3.8, 4) is 0 Å². The molecule has 2 N–H and O–H groups in total. The normalized spacial score (nSPS) is 13.5. The van der Waals surface area contributed by atoms with Gasteiger partial charge >= 0.3 is 5.97 Å². The number of carboxylic acids is 1. The van der Waals surface area contributed by atoms with Crippen LogP contribution in [0.5, 0.6) is 0 Å². The first kappa shape index (κ1) is 15.7. The van der Waals surface area contributed by atoms with Crippen molar-refractivity contribution in [1.29, 1.82) is 0 Å². The number of benzene rings is 1. The first-order valence-electron chi connectivity index (χ1n) is 6.12. The number of carbonyl (C=O) groups is 1. The largest absolute Gasteiger partial charge is 0.480 e. The minimum atomic E-state index is -3.81. The van der Waals surface area contributed by atoms with Gasteiger partial charge in [-0.2, -0.15) is 4.72 Å². The van der Waals surface area contributed by atoms with E-state index < -0.39 is 22.0 Å². The summed E-state index contributed by atoms with van der Waals surface area (Å²) < 4.78 is 26.5. The van der Waals surface area contributed by atoms with Gasteiger partial charge in [-0.25, -0.2) is 8.42 Å². The van der Waals surface area contributed by atoms with E-state index in [0.29, 0.717) is 0 Å². The van der Waals surface area contributed by atoms with Gasteiger partial charge in [-0.15, -0.1) is 0 Å². The molecule has 0 unspecified atom stereocenters. The number of hydrogen-bond acceptors (Lipinski definition) is 3. The lowest BCUT2D eigenvalue weighted by Gasteiger charge is -2.18. The molecule has 0 amide bonds. The van der Waals surface area contributed by atoms with Crippen LogP contribution in [0.4, 0.5) is 0 Å². The van der Waals surface area contributed by atoms with Gasteiger partial charge in [0.05, 0.1) is 4.90 Å². The lowest BCUT2D eigenvalue weighted by atomic mass is 10.1. The second-order valence-corrected chi connectivity index (χ2v) is 6.40. The Morgan fingerprint density at radius 2 is 2.00 bits per heavy atom. The zero-order valence-electron chi connectivity index (χ0n) is 11.3. The molecule has 0 aliphatic heterocycles. The number of aryl methyl sites for hydroxylation is 1. The highest BCUT2D eigenvalue weighted by atomic mass is 32.2. The first-order chi connectivity index (χ1) is 8.77. The van der Waals surface area contributed by atoms with E-state index in [1.54, 1.807) is 26.0 Å². The molecule has 0 aromatic heterocycles. The molecule has 0 bridgehead atoms. The molecular weight excluding hydrogens is 266 g/mol. The summed E-state index contributed by atoms with van der Waals surface area (Å²) in [6.07, 6.45) is 0.718. The molecule has 1 aromatic rings. The van der Waals surface area contributed by atoms with Crippen LogP contribution in [0.2, 0.25) is 0 Å². The first-order valence-corrected chi connectivity index (χ1v) is 7.60. The van der Waals surface area contributed by atoms with E-state index >= 15 is 0 Å². The fourth-order valence-electron chi connectivity index (χ4n) is 1.64. The highest BCUT2D eigenvalue weighted by Gasteiger charge is 2.27. The van der Waals surface area contributed by atoms with Gasteiger partial charge in [0.15, 0.2) is 0 Å². The highest BCUT2D eigenvalue weighted by molar-refractivity contribution is 7.89. The minimum Gasteiger partial charge on any atom is -0.480 e. The van der Waals surface area contributed by atoms with Gasteiger partial charge in [0.1, 0.15) is 6.04 Å². The number of carboxylic acid groups (broad SMARTS) is 1. The predicted molar refractivity (Wildman–Crippen MR) is 72.4 cm³/mol. The third kappa shape index (κ3) is 4.04. The van der Waals surface area contributed by atoms with Crippen LogP contribution in [0.3, 0.4) is 0 Å². The molecule has 6 heteroatoms. The van der Waals surface area contributed by atoms with E-state index in [-0.39, 0.29) is 10.8 Å². The van der Waals surface area contributed by atoms with Gasteiger partial charge in [0, 0.05) is 0 Å². The summed E-state index contributed by atoms with van der Waals surface area (Å²) in [4.78, 5) is 11.1. The number of hydrogen-bond donors (Lipinski definition) is 2. The van der Waals surface area contributed by atoms with Crippen LogP contribution in [-0.2, 0) is 21.2 Å². The topological polar surface area (TPSA) is 83.5 Å². The summed E-state index contributed by atoms with van der Waals surface area (Å²) in [6.45, 7) is 5.24. The fraction of sp³-hybridized carbons (Fsp3) is 0.462. The minimum absolute atomic E-state index is 0.0961. The summed E-state index contributed by atoms with van der Waals surface area (Å²) in [5.74, 6) is -1.51. The second kappa shape index (κ2) is 6.16. The van der Waals surface area contributed by atoms with E-state index in [1.165, 1.54) is 6.07 Å². The van der Waals surface area contributed by atoms with Crippen LogP contribution in [0, 0.1) is 5.92 Å². The molecule has 0 heterocycles. The van der Waals surface area contributed by atoms with Gasteiger partial charge in [-0.3, -0.25) is 4.79 Å². The van der Waals surface area contributed by atoms with E-state index in [4.69, 9.17) is 5.11 Å². The van der Waals surface area contributed by atoms with Crippen LogP contribution in [0.1, 0.15) is 26.3 Å². The zero-order valence-corrected chi connectivity index (χ0v) is 12.1. The molecule has 0 spiro atoms. The summed E-state index contributed by atoms with van der Waals surface area (Å²) in [7, 11) is -3.81. The van der Waals surface area contributed by atoms with Gasteiger partial charge in [-0.1, -0.05) is 32.9 Å². The molecule has 1 atom stereocenters. The molecule has 19 heavy (non-hydrogen) atoms. The molecule has 0 aliphatic rings. The van der Waals surface area contributed by atoms with Crippen molar-refractivity contribution >= 4 is 16.0 Å². The summed E-state index contributed by atoms with van der Waals surface area (Å²) in [5, 5.41) is 9.03. The lowest BCUT2D eigenvalue weighted by molar-refractivity contribution is -0.140. The van der Waals surface area contributed by atoms with Crippen LogP contribution < -0.4 is 4.72 Å². The summed E-state index contributed by atoms with van der Waals surface area (Å²) in [5.41, 5.74) is 0.888. The molecule has 0 aliphatic carbocycles. The van der Waals surface area contributed by atoms with Gasteiger partial charge in [0.25, 0.3) is 0 Å². The molecule has 0 radical (unpaired) electrons. The molecule has 0 saturated heterocycles. The predicted octanol–water partition coefficient (Wildman–Crippen LogP) is 1.64. The molecule has 106 valence electrons. The molecule has 1 rings (SSSR count). The quantitative estimate of drug-likeness (QED) is 0.832.